The van der Waals surface area contributed by atoms with Gasteiger partial charge in [0, 0.05) is 24.2 Å². The lowest BCUT2D eigenvalue weighted by Gasteiger charge is -2.03. The molecule has 5 aromatic rings. The van der Waals surface area contributed by atoms with Crippen molar-refractivity contribution >= 4 is 11.6 Å². The molecule has 0 unspecified atom stereocenters. The second-order valence-electron chi connectivity index (χ2n) is 7.32. The molecule has 0 fully saturated rings. The van der Waals surface area contributed by atoms with Gasteiger partial charge >= 0.3 is 0 Å². The molecule has 5 rings (SSSR count). The van der Waals surface area contributed by atoms with Crippen molar-refractivity contribution in [3.63, 3.8) is 0 Å². The van der Waals surface area contributed by atoms with Crippen molar-refractivity contribution < 1.29 is 4.79 Å². The number of amides is 1. The van der Waals surface area contributed by atoms with E-state index < -0.39 is 0 Å². The fraction of sp³-hybridized carbons (Fsp3) is 0.0800. The lowest BCUT2D eigenvalue weighted by Crippen LogP contribution is -2.23. The second kappa shape index (κ2) is 8.28. The Labute approximate surface area is 179 Å². The summed E-state index contributed by atoms with van der Waals surface area (Å²) in [6, 6.07) is 25.7. The second-order valence-corrected chi connectivity index (χ2v) is 7.32. The summed E-state index contributed by atoms with van der Waals surface area (Å²) >= 11 is 0. The predicted molar refractivity (Wildman–Crippen MR) is 120 cm³/mol. The smallest absolute Gasteiger partial charge is 0.255 e. The first-order valence-corrected chi connectivity index (χ1v) is 10.1. The SMILES string of the molecule is O=C(NCc1cn2ccccc2n1)c1cn(Cc2ccccc2)nc1-c1ccccc1. The van der Waals surface area contributed by atoms with Gasteiger partial charge in [0.1, 0.15) is 11.3 Å². The molecule has 1 N–H and O–H groups in total. The van der Waals surface area contributed by atoms with Crippen molar-refractivity contribution in [2.45, 2.75) is 13.1 Å². The zero-order valence-corrected chi connectivity index (χ0v) is 16.8. The fourth-order valence-corrected chi connectivity index (χ4v) is 3.59. The number of pyridine rings is 1. The topological polar surface area (TPSA) is 64.2 Å². The highest BCUT2D eigenvalue weighted by Crippen LogP contribution is 2.22. The Morgan fingerprint density at radius 3 is 2.39 bits per heavy atom. The molecule has 2 aromatic carbocycles. The number of hydrogen-bond donors (Lipinski definition) is 1. The Morgan fingerprint density at radius 2 is 1.61 bits per heavy atom. The van der Waals surface area contributed by atoms with Crippen molar-refractivity contribution in [1.82, 2.24) is 24.5 Å². The normalized spacial score (nSPS) is 11.0. The number of nitrogens with zero attached hydrogens (tertiary/aromatic N) is 4. The van der Waals surface area contributed by atoms with Crippen LogP contribution in [0.15, 0.2) is 97.5 Å². The van der Waals surface area contributed by atoms with E-state index in [0.29, 0.717) is 24.3 Å². The molecule has 31 heavy (non-hydrogen) atoms. The van der Waals surface area contributed by atoms with Gasteiger partial charge in [-0.25, -0.2) is 4.98 Å². The van der Waals surface area contributed by atoms with Crippen LogP contribution in [0.5, 0.6) is 0 Å². The van der Waals surface area contributed by atoms with Gasteiger partial charge in [-0.1, -0.05) is 66.7 Å². The number of carbonyl (C=O) groups is 1. The summed E-state index contributed by atoms with van der Waals surface area (Å²) in [6.07, 6.45) is 5.68. The van der Waals surface area contributed by atoms with E-state index in [9.17, 15) is 4.79 Å². The van der Waals surface area contributed by atoms with Gasteiger partial charge in [0.05, 0.1) is 24.3 Å². The predicted octanol–water partition coefficient (Wildman–Crippen LogP) is 4.18. The number of hydrogen-bond acceptors (Lipinski definition) is 3. The zero-order valence-electron chi connectivity index (χ0n) is 16.8. The van der Waals surface area contributed by atoms with Gasteiger partial charge < -0.3 is 9.72 Å². The van der Waals surface area contributed by atoms with Gasteiger partial charge in [-0.2, -0.15) is 5.10 Å². The van der Waals surface area contributed by atoms with E-state index >= 15 is 0 Å². The third kappa shape index (κ3) is 4.09. The lowest BCUT2D eigenvalue weighted by molar-refractivity contribution is 0.0951. The van der Waals surface area contributed by atoms with Gasteiger partial charge in [-0.3, -0.25) is 9.48 Å². The van der Waals surface area contributed by atoms with Gasteiger partial charge in [0.15, 0.2) is 0 Å². The minimum atomic E-state index is -0.171. The maximum absolute atomic E-state index is 13.1. The fourth-order valence-electron chi connectivity index (χ4n) is 3.59. The van der Waals surface area contributed by atoms with Gasteiger partial charge in [0.25, 0.3) is 5.91 Å². The molecular weight excluding hydrogens is 386 g/mol. The van der Waals surface area contributed by atoms with Crippen molar-refractivity contribution in [2.24, 2.45) is 0 Å². The van der Waals surface area contributed by atoms with Crippen LogP contribution in [-0.4, -0.2) is 25.1 Å². The average molecular weight is 407 g/mol. The molecule has 0 saturated carbocycles. The molecule has 3 heterocycles. The van der Waals surface area contributed by atoms with Crippen LogP contribution >= 0.6 is 0 Å². The van der Waals surface area contributed by atoms with E-state index in [1.54, 1.807) is 0 Å². The Hall–Kier alpha value is -4.19. The minimum Gasteiger partial charge on any atom is -0.346 e. The maximum atomic E-state index is 13.1. The van der Waals surface area contributed by atoms with Crippen molar-refractivity contribution in [3.05, 3.63) is 114 Å². The van der Waals surface area contributed by atoms with Crippen molar-refractivity contribution in [2.75, 3.05) is 0 Å². The molecule has 0 atom stereocenters. The first-order chi connectivity index (χ1) is 15.3. The van der Waals surface area contributed by atoms with E-state index in [2.05, 4.69) is 10.3 Å². The molecule has 6 nitrogen and oxygen atoms in total. The van der Waals surface area contributed by atoms with Crippen molar-refractivity contribution in [1.29, 1.82) is 0 Å². The summed E-state index contributed by atoms with van der Waals surface area (Å²) < 4.78 is 3.76. The summed E-state index contributed by atoms with van der Waals surface area (Å²) in [7, 11) is 0. The summed E-state index contributed by atoms with van der Waals surface area (Å²) in [5, 5.41) is 7.72. The zero-order chi connectivity index (χ0) is 21.0. The number of fused-ring (bicyclic) bond motifs is 1. The average Bonchev–Trinajstić information content (AvgIpc) is 3.43. The third-order valence-corrected chi connectivity index (χ3v) is 5.08. The maximum Gasteiger partial charge on any atom is 0.255 e. The van der Waals surface area contributed by atoms with Crippen LogP contribution in [0.2, 0.25) is 0 Å². The van der Waals surface area contributed by atoms with E-state index in [0.717, 1.165) is 22.5 Å². The number of rotatable bonds is 6. The first kappa shape index (κ1) is 18.8. The summed E-state index contributed by atoms with van der Waals surface area (Å²) in [5.74, 6) is -0.171. The highest BCUT2D eigenvalue weighted by Gasteiger charge is 2.18. The third-order valence-electron chi connectivity index (χ3n) is 5.08. The van der Waals surface area contributed by atoms with Crippen LogP contribution in [0.25, 0.3) is 16.9 Å². The van der Waals surface area contributed by atoms with Crippen LogP contribution in [0.4, 0.5) is 0 Å². The molecule has 0 aliphatic rings. The van der Waals surface area contributed by atoms with Gasteiger partial charge in [-0.15, -0.1) is 0 Å². The summed E-state index contributed by atoms with van der Waals surface area (Å²) in [4.78, 5) is 17.6. The Bertz CT molecular complexity index is 1290. The van der Waals surface area contributed by atoms with E-state index in [1.807, 2.05) is 107 Å². The Kier molecular flexibility index (Phi) is 5.02. The molecule has 6 heteroatoms. The quantitative estimate of drug-likeness (QED) is 0.459. The van der Waals surface area contributed by atoms with Gasteiger partial charge in [0.2, 0.25) is 0 Å². The molecule has 0 saturated heterocycles. The van der Waals surface area contributed by atoms with Crippen LogP contribution in [0, 0.1) is 0 Å². The number of benzene rings is 2. The van der Waals surface area contributed by atoms with Gasteiger partial charge in [-0.05, 0) is 17.7 Å². The molecule has 3 aromatic heterocycles. The first-order valence-electron chi connectivity index (χ1n) is 10.1. The highest BCUT2D eigenvalue weighted by molar-refractivity contribution is 5.99. The Balaban J connectivity index is 1.41. The van der Waals surface area contributed by atoms with E-state index in [-0.39, 0.29) is 5.91 Å². The monoisotopic (exact) mass is 407 g/mol. The number of carbonyl (C=O) groups excluding carboxylic acids is 1. The molecule has 0 aliphatic heterocycles. The molecule has 152 valence electrons. The number of imidazole rings is 1. The molecule has 0 aliphatic carbocycles. The van der Waals surface area contributed by atoms with E-state index in [4.69, 9.17) is 5.10 Å². The number of nitrogens with one attached hydrogen (secondary N) is 1. The summed E-state index contributed by atoms with van der Waals surface area (Å²) in [6.45, 7) is 0.943. The standard InChI is InChI=1S/C25H21N5O/c31-25(26-15-21-17-29-14-8-7-13-23(29)27-21)22-18-30(16-19-9-3-1-4-10-19)28-24(22)20-11-5-2-6-12-20/h1-14,17-18H,15-16H2,(H,26,31). The van der Waals surface area contributed by atoms with Crippen molar-refractivity contribution in [3.8, 4) is 11.3 Å². The molecule has 0 radical (unpaired) electrons. The Morgan fingerprint density at radius 1 is 0.871 bits per heavy atom. The lowest BCUT2D eigenvalue weighted by atomic mass is 10.1. The number of aromatic nitrogens is 4. The van der Waals surface area contributed by atoms with E-state index in [1.165, 1.54) is 0 Å². The van der Waals surface area contributed by atoms with Crippen LogP contribution in [0.3, 0.4) is 0 Å². The highest BCUT2D eigenvalue weighted by atomic mass is 16.1. The minimum absolute atomic E-state index is 0.171. The van der Waals surface area contributed by atoms with Crippen LogP contribution < -0.4 is 5.32 Å². The van der Waals surface area contributed by atoms with Crippen LogP contribution in [0.1, 0.15) is 21.6 Å². The summed E-state index contributed by atoms with van der Waals surface area (Å²) in [5.41, 5.74) is 4.91. The molecule has 1 amide bonds. The molecule has 0 spiro atoms. The van der Waals surface area contributed by atoms with Crippen LogP contribution in [-0.2, 0) is 13.1 Å². The molecule has 0 bridgehead atoms. The molecular formula is C25H21N5O. The largest absolute Gasteiger partial charge is 0.346 e.